The van der Waals surface area contributed by atoms with Gasteiger partial charge in [0.25, 0.3) is 6.43 Å². The first-order valence-corrected chi connectivity index (χ1v) is 4.30. The van der Waals surface area contributed by atoms with Gasteiger partial charge in [-0.1, -0.05) is 26.0 Å². The third kappa shape index (κ3) is 4.44. The van der Waals surface area contributed by atoms with Crippen molar-refractivity contribution in [1.82, 2.24) is 5.32 Å². The highest BCUT2D eigenvalue weighted by atomic mass is 19.3. The van der Waals surface area contributed by atoms with E-state index >= 15 is 0 Å². The zero-order chi connectivity index (χ0) is 9.56. The van der Waals surface area contributed by atoms with Crippen LogP contribution in [-0.2, 0) is 0 Å². The van der Waals surface area contributed by atoms with Crippen molar-refractivity contribution in [2.24, 2.45) is 0 Å². The van der Waals surface area contributed by atoms with Crippen LogP contribution < -0.4 is 5.32 Å². The summed E-state index contributed by atoms with van der Waals surface area (Å²) in [5.74, 6) is 0. The lowest BCUT2D eigenvalue weighted by molar-refractivity contribution is 0.0988. The van der Waals surface area contributed by atoms with Crippen LogP contribution in [0.15, 0.2) is 12.2 Å². The fourth-order valence-electron chi connectivity index (χ4n) is 0.968. The second-order valence-corrected chi connectivity index (χ2v) is 2.81. The summed E-state index contributed by atoms with van der Waals surface area (Å²) in [4.78, 5) is 0. The minimum Gasteiger partial charge on any atom is -0.309 e. The predicted molar refractivity (Wildman–Crippen MR) is 47.5 cm³/mol. The van der Waals surface area contributed by atoms with E-state index in [9.17, 15) is 8.78 Å². The van der Waals surface area contributed by atoms with Crippen LogP contribution in [-0.4, -0.2) is 19.0 Å². The summed E-state index contributed by atoms with van der Waals surface area (Å²) in [6, 6.07) is -0.720. The van der Waals surface area contributed by atoms with E-state index in [1.165, 1.54) is 0 Å². The van der Waals surface area contributed by atoms with Gasteiger partial charge in [0.05, 0.1) is 6.04 Å². The van der Waals surface area contributed by atoms with Crippen LogP contribution >= 0.6 is 0 Å². The molecule has 1 unspecified atom stereocenters. The molecule has 0 aromatic rings. The summed E-state index contributed by atoms with van der Waals surface area (Å²) < 4.78 is 24.6. The SMILES string of the molecule is C=C(CC)CC(NCC)C(F)F. The second-order valence-electron chi connectivity index (χ2n) is 2.81. The molecule has 0 aromatic heterocycles. The molecule has 0 bridgehead atoms. The highest BCUT2D eigenvalue weighted by molar-refractivity contribution is 4.97. The van der Waals surface area contributed by atoms with Gasteiger partial charge in [0, 0.05) is 0 Å². The van der Waals surface area contributed by atoms with Crippen molar-refractivity contribution in [1.29, 1.82) is 0 Å². The van der Waals surface area contributed by atoms with Crippen LogP contribution in [0.3, 0.4) is 0 Å². The maximum atomic E-state index is 12.3. The molecule has 72 valence electrons. The topological polar surface area (TPSA) is 12.0 Å². The van der Waals surface area contributed by atoms with Gasteiger partial charge in [-0.15, -0.1) is 0 Å². The Morgan fingerprint density at radius 2 is 2.00 bits per heavy atom. The van der Waals surface area contributed by atoms with Crippen molar-refractivity contribution in [3.63, 3.8) is 0 Å². The number of hydrogen-bond donors (Lipinski definition) is 1. The number of nitrogens with one attached hydrogen (secondary N) is 1. The number of halogens is 2. The summed E-state index contributed by atoms with van der Waals surface area (Å²) in [5.41, 5.74) is 0.876. The van der Waals surface area contributed by atoms with Gasteiger partial charge in [-0.3, -0.25) is 0 Å². The van der Waals surface area contributed by atoms with Crippen molar-refractivity contribution >= 4 is 0 Å². The van der Waals surface area contributed by atoms with Gasteiger partial charge in [-0.2, -0.15) is 0 Å². The molecule has 0 heterocycles. The molecule has 0 aliphatic carbocycles. The lowest BCUT2D eigenvalue weighted by atomic mass is 10.1. The molecule has 0 radical (unpaired) electrons. The zero-order valence-corrected chi connectivity index (χ0v) is 7.74. The van der Waals surface area contributed by atoms with Crippen molar-refractivity contribution in [3.05, 3.63) is 12.2 Å². The molecule has 0 aliphatic rings. The molecule has 0 spiro atoms. The number of alkyl halides is 2. The largest absolute Gasteiger partial charge is 0.309 e. The fourth-order valence-corrected chi connectivity index (χ4v) is 0.968. The van der Waals surface area contributed by atoms with Gasteiger partial charge in [-0.05, 0) is 19.4 Å². The molecule has 0 rings (SSSR count). The molecule has 1 N–H and O–H groups in total. The Morgan fingerprint density at radius 3 is 2.33 bits per heavy atom. The van der Waals surface area contributed by atoms with E-state index in [0.29, 0.717) is 13.0 Å². The molecule has 0 saturated carbocycles. The molecule has 0 fully saturated rings. The zero-order valence-electron chi connectivity index (χ0n) is 7.74. The summed E-state index contributed by atoms with van der Waals surface area (Å²) in [6.07, 6.45) is -1.15. The monoisotopic (exact) mass is 177 g/mol. The standard InChI is InChI=1S/C9H17F2N/c1-4-7(3)6-8(9(10)11)12-5-2/h8-9,12H,3-6H2,1-2H3. The van der Waals surface area contributed by atoms with Crippen LogP contribution in [0.1, 0.15) is 26.7 Å². The first-order valence-electron chi connectivity index (χ1n) is 4.30. The average molecular weight is 177 g/mol. The minimum absolute atomic E-state index is 0.377. The molecular weight excluding hydrogens is 160 g/mol. The third-order valence-corrected chi connectivity index (χ3v) is 1.78. The van der Waals surface area contributed by atoms with Crippen molar-refractivity contribution in [2.75, 3.05) is 6.54 Å². The predicted octanol–water partition coefficient (Wildman–Crippen LogP) is 2.59. The van der Waals surface area contributed by atoms with Crippen LogP contribution in [0.2, 0.25) is 0 Å². The van der Waals surface area contributed by atoms with Crippen molar-refractivity contribution in [2.45, 2.75) is 39.2 Å². The van der Waals surface area contributed by atoms with Crippen molar-refractivity contribution < 1.29 is 8.78 Å². The Morgan fingerprint density at radius 1 is 1.42 bits per heavy atom. The van der Waals surface area contributed by atoms with Crippen LogP contribution in [0.25, 0.3) is 0 Å². The highest BCUT2D eigenvalue weighted by Crippen LogP contribution is 2.12. The van der Waals surface area contributed by atoms with Gasteiger partial charge in [0.1, 0.15) is 0 Å². The van der Waals surface area contributed by atoms with E-state index in [-0.39, 0.29) is 0 Å². The van der Waals surface area contributed by atoms with E-state index in [1.807, 2.05) is 13.8 Å². The lowest BCUT2D eigenvalue weighted by Gasteiger charge is -2.17. The first kappa shape index (κ1) is 11.6. The Labute approximate surface area is 72.9 Å². The van der Waals surface area contributed by atoms with E-state index in [0.717, 1.165) is 12.0 Å². The van der Waals surface area contributed by atoms with Crippen LogP contribution in [0.4, 0.5) is 8.78 Å². The van der Waals surface area contributed by atoms with E-state index in [2.05, 4.69) is 11.9 Å². The average Bonchev–Trinajstić information content (AvgIpc) is 2.03. The quantitative estimate of drug-likeness (QED) is 0.615. The minimum atomic E-state index is -2.30. The molecular formula is C9H17F2N. The van der Waals surface area contributed by atoms with E-state index < -0.39 is 12.5 Å². The molecule has 3 heteroatoms. The van der Waals surface area contributed by atoms with Gasteiger partial charge in [0.15, 0.2) is 0 Å². The van der Waals surface area contributed by atoms with E-state index in [1.54, 1.807) is 0 Å². The molecule has 0 aliphatic heterocycles. The second kappa shape index (κ2) is 6.12. The van der Waals surface area contributed by atoms with Gasteiger partial charge in [0.2, 0.25) is 0 Å². The summed E-state index contributed by atoms with van der Waals surface area (Å²) in [7, 11) is 0. The van der Waals surface area contributed by atoms with Crippen LogP contribution in [0, 0.1) is 0 Å². The third-order valence-electron chi connectivity index (χ3n) is 1.78. The normalized spacial score (nSPS) is 13.4. The number of hydrogen-bond acceptors (Lipinski definition) is 1. The molecule has 1 nitrogen and oxygen atoms in total. The number of rotatable bonds is 6. The van der Waals surface area contributed by atoms with Crippen molar-refractivity contribution in [3.8, 4) is 0 Å². The molecule has 0 saturated heterocycles. The Kier molecular flexibility index (Phi) is 5.89. The van der Waals surface area contributed by atoms with Crippen LogP contribution in [0.5, 0.6) is 0 Å². The Hall–Kier alpha value is -0.440. The summed E-state index contributed by atoms with van der Waals surface area (Å²) >= 11 is 0. The fraction of sp³-hybridized carbons (Fsp3) is 0.778. The van der Waals surface area contributed by atoms with Gasteiger partial charge < -0.3 is 5.32 Å². The summed E-state index contributed by atoms with van der Waals surface area (Å²) in [5, 5.41) is 2.74. The molecule has 1 atom stereocenters. The molecule has 0 amide bonds. The smallest absolute Gasteiger partial charge is 0.253 e. The molecule has 0 aromatic carbocycles. The lowest BCUT2D eigenvalue weighted by Crippen LogP contribution is -2.35. The Balaban J connectivity index is 3.86. The Bertz CT molecular complexity index is 134. The van der Waals surface area contributed by atoms with E-state index in [4.69, 9.17) is 0 Å². The van der Waals surface area contributed by atoms with Gasteiger partial charge >= 0.3 is 0 Å². The highest BCUT2D eigenvalue weighted by Gasteiger charge is 2.18. The first-order chi connectivity index (χ1) is 5.61. The molecule has 12 heavy (non-hydrogen) atoms. The summed E-state index contributed by atoms with van der Waals surface area (Å²) in [6.45, 7) is 8.03. The van der Waals surface area contributed by atoms with Gasteiger partial charge in [-0.25, -0.2) is 8.78 Å². The maximum Gasteiger partial charge on any atom is 0.253 e. The maximum absolute atomic E-state index is 12.3.